The second-order valence-corrected chi connectivity index (χ2v) is 5.51. The van der Waals surface area contributed by atoms with Crippen LogP contribution in [0.15, 0.2) is 58.6 Å². The predicted molar refractivity (Wildman–Crippen MR) is 85.8 cm³/mol. The van der Waals surface area contributed by atoms with Gasteiger partial charge in [-0.15, -0.1) is 0 Å². The van der Waals surface area contributed by atoms with Crippen LogP contribution >= 0.6 is 0 Å². The molecule has 2 aromatic heterocycles. The van der Waals surface area contributed by atoms with Gasteiger partial charge in [-0.25, -0.2) is 0 Å². The summed E-state index contributed by atoms with van der Waals surface area (Å²) < 4.78 is 0. The fourth-order valence-electron chi connectivity index (χ4n) is 2.54. The maximum atomic E-state index is 5.20. The summed E-state index contributed by atoms with van der Waals surface area (Å²) in [5, 5.41) is 5.45. The minimum atomic E-state index is 0. The molecule has 104 valence electrons. The molecule has 0 aliphatic rings. The fraction of sp³-hybridized carbons (Fsp3) is 0. The zero-order valence-electron chi connectivity index (χ0n) is 10.6. The smallest absolute Gasteiger partial charge is 0.760 e. The Labute approximate surface area is 147 Å². The molecule has 0 unspecified atom stereocenters. The number of benzene rings is 2. The molecule has 4 aromatic rings. The third-order valence-electron chi connectivity index (χ3n) is 3.45. The van der Waals surface area contributed by atoms with E-state index in [1.165, 1.54) is 0 Å². The van der Waals surface area contributed by atoms with Crippen LogP contribution in [0.5, 0.6) is 0 Å². The number of pyridine rings is 2. The number of aromatic nitrogens is 2. The van der Waals surface area contributed by atoms with Gasteiger partial charge >= 0.3 is 21.1 Å². The molecule has 2 heterocycles. The van der Waals surface area contributed by atoms with Gasteiger partial charge in [0, 0.05) is 16.2 Å². The summed E-state index contributed by atoms with van der Waals surface area (Å²) in [7, 11) is 0. The van der Waals surface area contributed by atoms with E-state index in [9.17, 15) is 0 Å². The van der Waals surface area contributed by atoms with Crippen molar-refractivity contribution in [2.24, 2.45) is 0 Å². The van der Waals surface area contributed by atoms with E-state index in [4.69, 9.17) is 25.3 Å². The van der Waals surface area contributed by atoms with Crippen LogP contribution in [0.2, 0.25) is 0 Å². The summed E-state index contributed by atoms with van der Waals surface area (Å²) in [6, 6.07) is 16.0. The Kier molecular flexibility index (Phi) is 3.78. The van der Waals surface area contributed by atoms with Gasteiger partial charge in [0.05, 0.1) is 11.0 Å². The van der Waals surface area contributed by atoms with Crippen molar-refractivity contribution < 1.29 is 21.1 Å². The Balaban J connectivity index is 0.00000132. The van der Waals surface area contributed by atoms with E-state index in [1.54, 1.807) is 0 Å². The van der Waals surface area contributed by atoms with E-state index in [0.29, 0.717) is 10.1 Å². The van der Waals surface area contributed by atoms with Crippen LogP contribution in [0.25, 0.3) is 32.6 Å². The molecule has 0 N–H and O–H groups in total. The topological polar surface area (TPSA) is 25.8 Å². The monoisotopic (exact) mass is 487 g/mol. The minimum absolute atomic E-state index is 0. The zero-order chi connectivity index (χ0) is 13.7. The van der Waals surface area contributed by atoms with Gasteiger partial charge in [-0.1, -0.05) is 58.6 Å². The van der Waals surface area contributed by atoms with E-state index in [-0.39, 0.29) is 21.1 Å². The van der Waals surface area contributed by atoms with E-state index in [2.05, 4.69) is 34.2 Å². The molecule has 0 bridgehead atoms. The maximum absolute atomic E-state index is 5.20. The van der Waals surface area contributed by atoms with Crippen molar-refractivity contribution in [1.29, 1.82) is 0 Å². The second kappa shape index (κ2) is 5.45. The summed E-state index contributed by atoms with van der Waals surface area (Å²) in [6.45, 7) is 0. The summed E-state index contributed by atoms with van der Waals surface area (Å²) in [6.07, 6.45) is 0. The molecule has 0 atom stereocenters. The summed E-state index contributed by atoms with van der Waals surface area (Å²) >= 11 is 10.4. The number of nitrogens with zero attached hydrogens (tertiary/aromatic N) is 2. The van der Waals surface area contributed by atoms with Gasteiger partial charge in [-0.2, -0.15) is 0 Å². The van der Waals surface area contributed by atoms with Crippen LogP contribution < -0.4 is 0 Å². The van der Waals surface area contributed by atoms with Gasteiger partial charge < -0.3 is 25.3 Å². The molecule has 5 heteroatoms. The molecule has 0 saturated carbocycles. The quantitative estimate of drug-likeness (QED) is 0.279. The molecule has 0 radical (unpaired) electrons. The van der Waals surface area contributed by atoms with Gasteiger partial charge in [-0.05, 0) is 5.39 Å². The fourth-order valence-corrected chi connectivity index (χ4v) is 2.86. The maximum Gasteiger partial charge on any atom is 2.00 e. The molecule has 0 fully saturated rings. The number of fused-ring (bicyclic) bond motifs is 5. The van der Waals surface area contributed by atoms with Crippen molar-refractivity contribution >= 4 is 57.8 Å². The van der Waals surface area contributed by atoms with Gasteiger partial charge in [0.2, 0.25) is 0 Å². The van der Waals surface area contributed by atoms with Crippen molar-refractivity contribution in [1.82, 2.24) is 9.97 Å². The van der Waals surface area contributed by atoms with Crippen molar-refractivity contribution in [2.45, 2.75) is 10.1 Å². The van der Waals surface area contributed by atoms with Crippen molar-refractivity contribution in [3.05, 3.63) is 48.5 Å². The number of hydrogen-bond acceptors (Lipinski definition) is 4. The van der Waals surface area contributed by atoms with Gasteiger partial charge in [0.15, 0.2) is 0 Å². The Bertz CT molecular complexity index is 909. The Hall–Kier alpha value is -1.35. The van der Waals surface area contributed by atoms with E-state index in [1.807, 2.05) is 24.3 Å². The van der Waals surface area contributed by atoms with Gasteiger partial charge in [-0.3, -0.25) is 9.97 Å². The first-order valence-corrected chi connectivity index (χ1v) is 7.01. The zero-order valence-corrected chi connectivity index (χ0v) is 14.6. The van der Waals surface area contributed by atoms with Crippen molar-refractivity contribution in [3.63, 3.8) is 0 Å². The average molecular weight is 487 g/mol. The van der Waals surface area contributed by atoms with Crippen LogP contribution in [-0.2, 0) is 46.3 Å². The second-order valence-electron chi connectivity index (χ2n) is 4.67. The summed E-state index contributed by atoms with van der Waals surface area (Å²) in [4.78, 5) is 9.05. The van der Waals surface area contributed by atoms with Crippen molar-refractivity contribution in [2.75, 3.05) is 0 Å². The minimum Gasteiger partial charge on any atom is -0.760 e. The number of hydrogen-bond donors (Lipinski definition) is 0. The molecule has 0 spiro atoms. The first kappa shape index (κ1) is 14.6. The molecule has 21 heavy (non-hydrogen) atoms. The average Bonchev–Trinajstić information content (AvgIpc) is 2.46. The summed E-state index contributed by atoms with van der Waals surface area (Å²) in [5.41, 5.74) is 1.79. The molecule has 0 saturated heterocycles. The Morgan fingerprint density at radius 3 is 1.43 bits per heavy atom. The standard InChI is InChI=1S/C16H10N2S2.Pt/c19-12-7-5-10-3-1-9-2-4-11-6-8-13(20)18-16(11)14(9)15(10)17-12;/h1-8H,(H,17,19)(H,18,20);/q;+2/p-2. The molecule has 0 aliphatic heterocycles. The van der Waals surface area contributed by atoms with Crippen molar-refractivity contribution in [3.8, 4) is 0 Å². The van der Waals surface area contributed by atoms with Crippen LogP contribution in [0, 0.1) is 0 Å². The van der Waals surface area contributed by atoms with E-state index >= 15 is 0 Å². The molecule has 0 amide bonds. The van der Waals surface area contributed by atoms with E-state index < -0.39 is 0 Å². The van der Waals surface area contributed by atoms with Gasteiger partial charge in [0.25, 0.3) is 0 Å². The Morgan fingerprint density at radius 1 is 0.571 bits per heavy atom. The third kappa shape index (κ3) is 2.38. The van der Waals surface area contributed by atoms with E-state index in [0.717, 1.165) is 32.6 Å². The Morgan fingerprint density at radius 2 is 0.952 bits per heavy atom. The molecule has 2 aromatic carbocycles. The first-order chi connectivity index (χ1) is 9.72. The third-order valence-corrected chi connectivity index (χ3v) is 3.90. The molecule has 4 rings (SSSR count). The van der Waals surface area contributed by atoms with Crippen LogP contribution in [0.1, 0.15) is 0 Å². The van der Waals surface area contributed by atoms with Crippen LogP contribution in [0.4, 0.5) is 0 Å². The first-order valence-electron chi connectivity index (χ1n) is 6.20. The molecule has 2 nitrogen and oxygen atoms in total. The molecular formula is C16H8N2PtS2. The largest absolute Gasteiger partial charge is 2.00 e. The predicted octanol–water partition coefficient (Wildman–Crippen LogP) is 3.75. The van der Waals surface area contributed by atoms with Crippen LogP contribution in [-0.4, -0.2) is 9.97 Å². The number of rotatable bonds is 0. The SMILES string of the molecule is [Pt+2].[S-]c1ccc2ccc3ccc4ccc([S-])nc4c3c2n1. The van der Waals surface area contributed by atoms with Crippen LogP contribution in [0.3, 0.4) is 0 Å². The molecular weight excluding hydrogens is 479 g/mol. The normalized spacial score (nSPS) is 10.9. The summed E-state index contributed by atoms with van der Waals surface area (Å²) in [5.74, 6) is 0. The van der Waals surface area contributed by atoms with Gasteiger partial charge in [0.1, 0.15) is 0 Å². The molecule has 0 aliphatic carbocycles.